The minimum absolute atomic E-state index is 0.0641. The van der Waals surface area contributed by atoms with Crippen LogP contribution in [0.5, 0.6) is 0 Å². The van der Waals surface area contributed by atoms with Gasteiger partial charge in [0.05, 0.1) is 5.41 Å². The maximum absolute atomic E-state index is 12.6. The number of rotatable bonds is 2. The molecule has 0 unspecified atom stereocenters. The van der Waals surface area contributed by atoms with E-state index < -0.39 is 11.4 Å². The van der Waals surface area contributed by atoms with Gasteiger partial charge in [0.1, 0.15) is 0 Å². The Kier molecular flexibility index (Phi) is 3.56. The molecule has 0 radical (unpaired) electrons. The normalized spacial score (nSPS) is 27.7. The van der Waals surface area contributed by atoms with E-state index >= 15 is 0 Å². The molecule has 1 saturated heterocycles. The summed E-state index contributed by atoms with van der Waals surface area (Å²) >= 11 is 3.44. The second-order valence-electron chi connectivity index (χ2n) is 6.20. The number of likely N-dealkylation sites (tertiary alicyclic amines) is 1. The molecule has 2 aliphatic rings. The lowest BCUT2D eigenvalue weighted by Gasteiger charge is -2.23. The molecule has 1 aromatic rings. The Balaban J connectivity index is 1.84. The number of carbonyl (C=O) groups is 2. The Morgan fingerprint density at radius 3 is 2.81 bits per heavy atom. The van der Waals surface area contributed by atoms with Crippen LogP contribution in [0.1, 0.15) is 35.2 Å². The van der Waals surface area contributed by atoms with E-state index in [1.807, 2.05) is 25.1 Å². The van der Waals surface area contributed by atoms with E-state index in [-0.39, 0.29) is 11.8 Å². The molecule has 0 bridgehead atoms. The summed E-state index contributed by atoms with van der Waals surface area (Å²) in [7, 11) is 0. The minimum atomic E-state index is -0.745. The van der Waals surface area contributed by atoms with Crippen molar-refractivity contribution < 1.29 is 14.7 Å². The summed E-state index contributed by atoms with van der Waals surface area (Å²) in [6, 6.07) is 5.53. The van der Waals surface area contributed by atoms with Crippen LogP contribution < -0.4 is 0 Å². The third-order valence-electron chi connectivity index (χ3n) is 5.00. The van der Waals surface area contributed by atoms with Crippen LogP contribution in [-0.4, -0.2) is 35.0 Å². The van der Waals surface area contributed by atoms with Crippen molar-refractivity contribution in [3.8, 4) is 0 Å². The highest BCUT2D eigenvalue weighted by atomic mass is 79.9. The Hall–Kier alpha value is -1.36. The van der Waals surface area contributed by atoms with E-state index in [1.165, 1.54) is 0 Å². The Bertz CT molecular complexity index is 616. The number of nitrogens with zero attached hydrogens (tertiary/aromatic N) is 1. The zero-order valence-corrected chi connectivity index (χ0v) is 13.5. The zero-order chi connectivity index (χ0) is 15.2. The highest BCUT2D eigenvalue weighted by Gasteiger charge is 2.55. The molecule has 2 fully saturated rings. The first-order valence-corrected chi connectivity index (χ1v) is 8.02. The molecule has 1 N–H and O–H groups in total. The summed E-state index contributed by atoms with van der Waals surface area (Å²) in [5.41, 5.74) is 0.984. The highest BCUT2D eigenvalue weighted by molar-refractivity contribution is 9.10. The van der Waals surface area contributed by atoms with Crippen LogP contribution in [0.25, 0.3) is 0 Å². The van der Waals surface area contributed by atoms with Gasteiger partial charge in [0, 0.05) is 23.1 Å². The fraction of sp³-hybridized carbons (Fsp3) is 0.500. The van der Waals surface area contributed by atoms with Crippen LogP contribution in [0.2, 0.25) is 0 Å². The number of carboxylic acids is 1. The van der Waals surface area contributed by atoms with Crippen molar-refractivity contribution in [3.05, 3.63) is 33.8 Å². The van der Waals surface area contributed by atoms with Crippen LogP contribution in [0.3, 0.4) is 0 Å². The molecule has 1 amide bonds. The molecule has 0 spiro atoms. The minimum Gasteiger partial charge on any atom is -0.481 e. The number of hydrogen-bond acceptors (Lipinski definition) is 2. The van der Waals surface area contributed by atoms with Crippen LogP contribution in [0, 0.1) is 18.3 Å². The lowest BCUT2D eigenvalue weighted by molar-refractivity contribution is -0.149. The van der Waals surface area contributed by atoms with Crippen LogP contribution in [-0.2, 0) is 4.79 Å². The Labute approximate surface area is 132 Å². The molecule has 21 heavy (non-hydrogen) atoms. The second-order valence-corrected chi connectivity index (χ2v) is 7.05. The summed E-state index contributed by atoms with van der Waals surface area (Å²) in [5, 5.41) is 9.58. The summed E-state index contributed by atoms with van der Waals surface area (Å²) in [6.45, 7) is 2.88. The highest BCUT2D eigenvalue weighted by Crippen LogP contribution is 2.49. The van der Waals surface area contributed by atoms with Gasteiger partial charge in [-0.25, -0.2) is 0 Å². The predicted molar refractivity (Wildman–Crippen MR) is 82.2 cm³/mol. The first-order chi connectivity index (χ1) is 9.94. The van der Waals surface area contributed by atoms with E-state index in [0.717, 1.165) is 22.9 Å². The van der Waals surface area contributed by atoms with Gasteiger partial charge in [-0.15, -0.1) is 0 Å². The third-order valence-corrected chi connectivity index (χ3v) is 5.86. The van der Waals surface area contributed by atoms with Crippen molar-refractivity contribution in [1.29, 1.82) is 0 Å². The lowest BCUT2D eigenvalue weighted by atomic mass is 9.81. The average molecular weight is 352 g/mol. The van der Waals surface area contributed by atoms with Crippen molar-refractivity contribution in [2.45, 2.75) is 26.2 Å². The lowest BCUT2D eigenvalue weighted by Crippen LogP contribution is -2.37. The van der Waals surface area contributed by atoms with Crippen molar-refractivity contribution in [1.82, 2.24) is 4.90 Å². The molecule has 1 aromatic carbocycles. The molecule has 112 valence electrons. The topological polar surface area (TPSA) is 57.6 Å². The van der Waals surface area contributed by atoms with Crippen molar-refractivity contribution in [2.75, 3.05) is 13.1 Å². The van der Waals surface area contributed by atoms with Crippen LogP contribution >= 0.6 is 15.9 Å². The van der Waals surface area contributed by atoms with Crippen molar-refractivity contribution in [2.24, 2.45) is 11.3 Å². The monoisotopic (exact) mass is 351 g/mol. The first-order valence-electron chi connectivity index (χ1n) is 7.23. The fourth-order valence-corrected chi connectivity index (χ4v) is 4.08. The van der Waals surface area contributed by atoms with Gasteiger partial charge in [0.2, 0.25) is 0 Å². The van der Waals surface area contributed by atoms with E-state index in [9.17, 15) is 14.7 Å². The molecule has 1 aliphatic carbocycles. The zero-order valence-electron chi connectivity index (χ0n) is 11.9. The van der Waals surface area contributed by atoms with Crippen molar-refractivity contribution in [3.63, 3.8) is 0 Å². The quantitative estimate of drug-likeness (QED) is 0.890. The van der Waals surface area contributed by atoms with Gasteiger partial charge in [0.25, 0.3) is 5.91 Å². The van der Waals surface area contributed by atoms with Gasteiger partial charge in [-0.05, 0) is 43.4 Å². The molecule has 2 atom stereocenters. The molecule has 4 nitrogen and oxygen atoms in total. The molecular formula is C16H18BrNO3. The van der Waals surface area contributed by atoms with Gasteiger partial charge >= 0.3 is 5.97 Å². The maximum Gasteiger partial charge on any atom is 0.311 e. The molecular weight excluding hydrogens is 334 g/mol. The van der Waals surface area contributed by atoms with E-state index in [4.69, 9.17) is 0 Å². The first kappa shape index (κ1) is 14.6. The SMILES string of the molecule is Cc1ccc(C(=O)N2C[C@@H]3CCC[C@@]3(C(=O)O)C2)cc1Br. The summed E-state index contributed by atoms with van der Waals surface area (Å²) in [6.07, 6.45) is 2.55. The fourth-order valence-electron chi connectivity index (χ4n) is 3.70. The van der Waals surface area contributed by atoms with Gasteiger partial charge in [-0.3, -0.25) is 9.59 Å². The number of carboxylic acid groups (broad SMARTS) is 1. The van der Waals surface area contributed by atoms with Gasteiger partial charge in [0.15, 0.2) is 0 Å². The molecule has 5 heteroatoms. The van der Waals surface area contributed by atoms with Gasteiger partial charge in [-0.2, -0.15) is 0 Å². The largest absolute Gasteiger partial charge is 0.481 e. The van der Waals surface area contributed by atoms with E-state index in [0.29, 0.717) is 25.1 Å². The number of aliphatic carboxylic acids is 1. The third kappa shape index (κ3) is 2.27. The Morgan fingerprint density at radius 2 is 2.19 bits per heavy atom. The summed E-state index contributed by atoms with van der Waals surface area (Å²) in [4.78, 5) is 26.0. The standard InChI is InChI=1S/C16H18BrNO3/c1-10-4-5-11(7-13(10)17)14(19)18-8-12-3-2-6-16(12,9-18)15(20)21/h4-5,7,12H,2-3,6,8-9H2,1H3,(H,20,21)/t12-,16+/m0/s1. The number of halogens is 1. The maximum atomic E-state index is 12.6. The van der Waals surface area contributed by atoms with Crippen LogP contribution in [0.4, 0.5) is 0 Å². The molecule has 3 rings (SSSR count). The number of hydrogen-bond donors (Lipinski definition) is 1. The van der Waals surface area contributed by atoms with E-state index in [2.05, 4.69) is 15.9 Å². The van der Waals surface area contributed by atoms with Gasteiger partial charge < -0.3 is 10.0 Å². The number of carbonyl (C=O) groups excluding carboxylic acids is 1. The second kappa shape index (κ2) is 5.13. The van der Waals surface area contributed by atoms with E-state index in [1.54, 1.807) is 4.90 Å². The smallest absolute Gasteiger partial charge is 0.311 e. The molecule has 0 aromatic heterocycles. The number of fused-ring (bicyclic) bond motifs is 1. The number of amides is 1. The summed E-state index contributed by atoms with van der Waals surface area (Å²) in [5.74, 6) is -0.705. The van der Waals surface area contributed by atoms with Crippen molar-refractivity contribution >= 4 is 27.8 Å². The summed E-state index contributed by atoms with van der Waals surface area (Å²) < 4.78 is 0.903. The molecule has 1 saturated carbocycles. The number of benzene rings is 1. The van der Waals surface area contributed by atoms with Gasteiger partial charge in [-0.1, -0.05) is 28.4 Å². The Morgan fingerprint density at radius 1 is 1.43 bits per heavy atom. The molecule has 1 aliphatic heterocycles. The van der Waals surface area contributed by atoms with Crippen LogP contribution in [0.15, 0.2) is 22.7 Å². The predicted octanol–water partition coefficient (Wildman–Crippen LogP) is 3.08. The number of aryl methyl sites for hydroxylation is 1. The molecule has 1 heterocycles. The average Bonchev–Trinajstić information content (AvgIpc) is 2.98.